The van der Waals surface area contributed by atoms with Gasteiger partial charge in [0.25, 0.3) is 0 Å². The van der Waals surface area contributed by atoms with Gasteiger partial charge in [0.15, 0.2) is 0 Å². The van der Waals surface area contributed by atoms with Crippen LogP contribution < -0.4 is 5.32 Å². The average Bonchev–Trinajstić information content (AvgIpc) is 2.98. The van der Waals surface area contributed by atoms with Gasteiger partial charge in [0.2, 0.25) is 0 Å². The fourth-order valence-corrected chi connectivity index (χ4v) is 2.90. The molecule has 0 radical (unpaired) electrons. The average molecular weight is 282 g/mol. The van der Waals surface area contributed by atoms with Crippen molar-refractivity contribution in [2.75, 3.05) is 6.54 Å². The number of halogens is 1. The minimum Gasteiger partial charge on any atom is -0.314 e. The first-order chi connectivity index (χ1) is 7.72. The van der Waals surface area contributed by atoms with E-state index in [-0.39, 0.29) is 0 Å². The summed E-state index contributed by atoms with van der Waals surface area (Å²) in [5.41, 5.74) is 1.42. The van der Waals surface area contributed by atoms with Gasteiger partial charge in [-0.05, 0) is 42.9 Å². The molecule has 0 amide bonds. The highest BCUT2D eigenvalue weighted by Crippen LogP contribution is 2.41. The monoisotopic (exact) mass is 281 g/mol. The van der Waals surface area contributed by atoms with Crippen molar-refractivity contribution in [1.82, 2.24) is 5.32 Å². The first-order valence-corrected chi connectivity index (χ1v) is 6.98. The minimum absolute atomic E-state index is 0.652. The summed E-state index contributed by atoms with van der Waals surface area (Å²) in [7, 11) is 0. The molecule has 88 valence electrons. The molecule has 0 spiro atoms. The number of nitrogens with one attached hydrogen (secondary N) is 1. The maximum atomic E-state index is 3.63. The standard InChI is InChI=1S/C14H20BrN/c1-3-16-14(12-8-10(12)2)9-11-6-4-5-7-13(11)15/h4-7,10,12,14,16H,3,8-9H2,1-2H3. The Bertz CT molecular complexity index is 350. The molecule has 1 saturated carbocycles. The maximum absolute atomic E-state index is 3.63. The second-order valence-corrected chi connectivity index (χ2v) is 5.69. The van der Waals surface area contributed by atoms with Crippen LogP contribution in [-0.4, -0.2) is 12.6 Å². The van der Waals surface area contributed by atoms with Crippen LogP contribution >= 0.6 is 15.9 Å². The van der Waals surface area contributed by atoms with Crippen molar-refractivity contribution in [3.63, 3.8) is 0 Å². The summed E-state index contributed by atoms with van der Waals surface area (Å²) in [4.78, 5) is 0. The van der Waals surface area contributed by atoms with Gasteiger partial charge in [0, 0.05) is 10.5 Å². The highest BCUT2D eigenvalue weighted by molar-refractivity contribution is 9.10. The zero-order chi connectivity index (χ0) is 11.5. The van der Waals surface area contributed by atoms with Gasteiger partial charge in [-0.1, -0.05) is 48.0 Å². The molecule has 1 fully saturated rings. The molecular weight excluding hydrogens is 262 g/mol. The van der Waals surface area contributed by atoms with Gasteiger partial charge in [-0.15, -0.1) is 0 Å². The second kappa shape index (κ2) is 5.33. The van der Waals surface area contributed by atoms with Crippen LogP contribution in [0.5, 0.6) is 0 Å². The van der Waals surface area contributed by atoms with Crippen LogP contribution in [0.25, 0.3) is 0 Å². The normalized spacial score (nSPS) is 25.4. The van der Waals surface area contributed by atoms with Crippen LogP contribution in [-0.2, 0) is 6.42 Å². The van der Waals surface area contributed by atoms with Crippen LogP contribution in [0.15, 0.2) is 28.7 Å². The minimum atomic E-state index is 0.652. The van der Waals surface area contributed by atoms with Crippen molar-refractivity contribution < 1.29 is 0 Å². The Kier molecular flexibility index (Phi) is 4.04. The molecule has 1 N–H and O–H groups in total. The van der Waals surface area contributed by atoms with E-state index in [0.29, 0.717) is 6.04 Å². The molecule has 0 aromatic heterocycles. The van der Waals surface area contributed by atoms with Crippen LogP contribution in [0, 0.1) is 11.8 Å². The molecule has 2 heteroatoms. The number of benzene rings is 1. The van der Waals surface area contributed by atoms with E-state index in [1.54, 1.807) is 0 Å². The van der Waals surface area contributed by atoms with Gasteiger partial charge in [-0.3, -0.25) is 0 Å². The second-order valence-electron chi connectivity index (χ2n) is 4.84. The first kappa shape index (κ1) is 12.1. The van der Waals surface area contributed by atoms with Gasteiger partial charge in [-0.2, -0.15) is 0 Å². The van der Waals surface area contributed by atoms with Gasteiger partial charge in [-0.25, -0.2) is 0 Å². The molecule has 0 bridgehead atoms. The Labute approximate surface area is 107 Å². The number of likely N-dealkylation sites (N-methyl/N-ethyl adjacent to an activating group) is 1. The molecule has 2 rings (SSSR count). The Morgan fingerprint density at radius 3 is 2.69 bits per heavy atom. The highest BCUT2D eigenvalue weighted by atomic mass is 79.9. The lowest BCUT2D eigenvalue weighted by molar-refractivity contribution is 0.454. The van der Waals surface area contributed by atoms with E-state index in [1.807, 2.05) is 0 Å². The summed E-state index contributed by atoms with van der Waals surface area (Å²) in [5, 5.41) is 3.63. The lowest BCUT2D eigenvalue weighted by Gasteiger charge is -2.18. The van der Waals surface area contributed by atoms with Gasteiger partial charge in [0.05, 0.1) is 0 Å². The number of rotatable bonds is 5. The Balaban J connectivity index is 2.03. The van der Waals surface area contributed by atoms with E-state index in [0.717, 1.165) is 24.8 Å². The molecule has 3 unspecified atom stereocenters. The smallest absolute Gasteiger partial charge is 0.0207 e. The quantitative estimate of drug-likeness (QED) is 0.869. The van der Waals surface area contributed by atoms with E-state index in [2.05, 4.69) is 59.4 Å². The summed E-state index contributed by atoms with van der Waals surface area (Å²) < 4.78 is 1.24. The van der Waals surface area contributed by atoms with E-state index < -0.39 is 0 Å². The molecule has 3 atom stereocenters. The molecule has 1 nitrogen and oxygen atoms in total. The largest absolute Gasteiger partial charge is 0.314 e. The van der Waals surface area contributed by atoms with Crippen LogP contribution in [0.3, 0.4) is 0 Å². The number of hydrogen-bond donors (Lipinski definition) is 1. The molecule has 0 saturated heterocycles. The molecule has 1 aromatic carbocycles. The Hall–Kier alpha value is -0.340. The Morgan fingerprint density at radius 2 is 2.12 bits per heavy atom. The van der Waals surface area contributed by atoms with Crippen molar-refractivity contribution in [3.05, 3.63) is 34.3 Å². The van der Waals surface area contributed by atoms with E-state index in [1.165, 1.54) is 16.5 Å². The predicted octanol–water partition coefficient (Wildman–Crippen LogP) is 3.63. The van der Waals surface area contributed by atoms with E-state index in [9.17, 15) is 0 Å². The molecule has 0 heterocycles. The van der Waals surface area contributed by atoms with Crippen molar-refractivity contribution in [1.29, 1.82) is 0 Å². The van der Waals surface area contributed by atoms with Crippen molar-refractivity contribution in [3.8, 4) is 0 Å². The summed E-state index contributed by atoms with van der Waals surface area (Å²) in [6, 6.07) is 9.21. The SMILES string of the molecule is CCNC(Cc1ccccc1Br)C1CC1C. The molecule has 1 aliphatic rings. The number of hydrogen-bond acceptors (Lipinski definition) is 1. The lowest BCUT2D eigenvalue weighted by atomic mass is 10.0. The molecule has 1 aromatic rings. The first-order valence-electron chi connectivity index (χ1n) is 6.19. The Morgan fingerprint density at radius 1 is 1.44 bits per heavy atom. The van der Waals surface area contributed by atoms with Crippen LogP contribution in [0.4, 0.5) is 0 Å². The summed E-state index contributed by atoms with van der Waals surface area (Å²) in [6.45, 7) is 5.62. The molecule has 0 aliphatic heterocycles. The molecule has 1 aliphatic carbocycles. The topological polar surface area (TPSA) is 12.0 Å². The van der Waals surface area contributed by atoms with E-state index in [4.69, 9.17) is 0 Å². The summed E-state index contributed by atoms with van der Waals surface area (Å²) in [5.74, 6) is 1.79. The van der Waals surface area contributed by atoms with Gasteiger partial charge < -0.3 is 5.32 Å². The van der Waals surface area contributed by atoms with Gasteiger partial charge in [0.1, 0.15) is 0 Å². The van der Waals surface area contributed by atoms with Crippen molar-refractivity contribution in [2.24, 2.45) is 11.8 Å². The summed E-state index contributed by atoms with van der Waals surface area (Å²) in [6.07, 6.45) is 2.53. The molecule has 16 heavy (non-hydrogen) atoms. The zero-order valence-corrected chi connectivity index (χ0v) is 11.6. The van der Waals surface area contributed by atoms with E-state index >= 15 is 0 Å². The van der Waals surface area contributed by atoms with Crippen molar-refractivity contribution in [2.45, 2.75) is 32.7 Å². The van der Waals surface area contributed by atoms with Gasteiger partial charge >= 0.3 is 0 Å². The molecular formula is C14H20BrN. The lowest BCUT2D eigenvalue weighted by Crippen LogP contribution is -2.33. The fraction of sp³-hybridized carbons (Fsp3) is 0.571. The third-order valence-corrected chi connectivity index (χ3v) is 4.33. The third-order valence-electron chi connectivity index (χ3n) is 3.55. The zero-order valence-electron chi connectivity index (χ0n) is 10.0. The van der Waals surface area contributed by atoms with Crippen LogP contribution in [0.2, 0.25) is 0 Å². The highest BCUT2D eigenvalue weighted by Gasteiger charge is 2.38. The third kappa shape index (κ3) is 2.86. The fourth-order valence-electron chi connectivity index (χ4n) is 2.45. The van der Waals surface area contributed by atoms with Crippen LogP contribution in [0.1, 0.15) is 25.8 Å². The van der Waals surface area contributed by atoms with Crippen molar-refractivity contribution >= 4 is 15.9 Å². The predicted molar refractivity (Wildman–Crippen MR) is 72.6 cm³/mol. The maximum Gasteiger partial charge on any atom is 0.0207 e. The summed E-state index contributed by atoms with van der Waals surface area (Å²) >= 11 is 3.63.